The lowest BCUT2D eigenvalue weighted by atomic mass is 10.1. The second kappa shape index (κ2) is 6.77. The van der Waals surface area contributed by atoms with Gasteiger partial charge in [0.25, 0.3) is 0 Å². The molecule has 22 heavy (non-hydrogen) atoms. The summed E-state index contributed by atoms with van der Waals surface area (Å²) in [5.41, 5.74) is 2.90. The van der Waals surface area contributed by atoms with Gasteiger partial charge in [-0.25, -0.2) is 0 Å². The van der Waals surface area contributed by atoms with Crippen molar-refractivity contribution < 1.29 is 4.79 Å². The van der Waals surface area contributed by atoms with Gasteiger partial charge in [-0.05, 0) is 36.7 Å². The second-order valence-corrected chi connectivity index (χ2v) is 5.66. The van der Waals surface area contributed by atoms with E-state index in [2.05, 4.69) is 10.3 Å². The fourth-order valence-corrected chi connectivity index (χ4v) is 2.74. The molecule has 3 nitrogen and oxygen atoms in total. The molecule has 3 rings (SSSR count). The van der Waals surface area contributed by atoms with Gasteiger partial charge in [0.1, 0.15) is 0 Å². The van der Waals surface area contributed by atoms with E-state index in [-0.39, 0.29) is 5.78 Å². The molecule has 0 spiro atoms. The first-order chi connectivity index (χ1) is 10.7. The summed E-state index contributed by atoms with van der Waals surface area (Å²) in [6.07, 6.45) is 2.63. The van der Waals surface area contributed by atoms with Gasteiger partial charge < -0.3 is 10.3 Å². The third-order valence-electron chi connectivity index (χ3n) is 3.65. The molecule has 0 saturated carbocycles. The molecule has 0 unspecified atom stereocenters. The topological polar surface area (TPSA) is 44.9 Å². The van der Waals surface area contributed by atoms with Gasteiger partial charge in [0.2, 0.25) is 0 Å². The number of fused-ring (bicyclic) bond motifs is 1. The van der Waals surface area contributed by atoms with E-state index in [4.69, 9.17) is 11.6 Å². The summed E-state index contributed by atoms with van der Waals surface area (Å²) in [4.78, 5) is 15.4. The van der Waals surface area contributed by atoms with E-state index in [1.807, 2.05) is 48.5 Å². The maximum atomic E-state index is 12.3. The number of Topliss-reactive ketones (excluding diaryl/α,β-unsaturated/α-hetero) is 1. The highest BCUT2D eigenvalue weighted by Crippen LogP contribution is 2.17. The number of H-pyrrole nitrogens is 1. The van der Waals surface area contributed by atoms with Crippen molar-refractivity contribution in [3.05, 3.63) is 70.9 Å². The molecule has 2 aromatic carbocycles. The Kier molecular flexibility index (Phi) is 4.56. The first kappa shape index (κ1) is 14.8. The fraction of sp³-hybridized carbons (Fsp3) is 0.167. The first-order valence-electron chi connectivity index (χ1n) is 7.28. The van der Waals surface area contributed by atoms with Crippen LogP contribution in [0.25, 0.3) is 10.9 Å². The van der Waals surface area contributed by atoms with Crippen molar-refractivity contribution in [2.24, 2.45) is 0 Å². The number of hydrogen-bond donors (Lipinski definition) is 2. The average Bonchev–Trinajstić information content (AvgIpc) is 2.95. The zero-order chi connectivity index (χ0) is 15.4. The maximum Gasteiger partial charge on any atom is 0.178 e. The molecule has 0 bridgehead atoms. The number of aromatic amines is 1. The van der Waals surface area contributed by atoms with E-state index in [0.29, 0.717) is 6.54 Å². The molecule has 112 valence electrons. The van der Waals surface area contributed by atoms with E-state index in [1.54, 1.807) is 6.20 Å². The first-order valence-corrected chi connectivity index (χ1v) is 7.66. The standard InChI is InChI=1S/C18H17ClN2O/c19-14-5-3-4-13(10-14)8-9-20-12-18(22)16-11-21-17-7-2-1-6-15(16)17/h1-7,10-11,20-21H,8-9,12H2. The highest BCUT2D eigenvalue weighted by atomic mass is 35.5. The number of carbonyl (C=O) groups is 1. The number of para-hydroxylation sites is 1. The van der Waals surface area contributed by atoms with E-state index in [9.17, 15) is 4.79 Å². The van der Waals surface area contributed by atoms with Crippen molar-refractivity contribution in [1.82, 2.24) is 10.3 Å². The molecule has 2 N–H and O–H groups in total. The summed E-state index contributed by atoms with van der Waals surface area (Å²) in [6, 6.07) is 15.6. The highest BCUT2D eigenvalue weighted by molar-refractivity contribution is 6.30. The minimum absolute atomic E-state index is 0.101. The molecular weight excluding hydrogens is 296 g/mol. The van der Waals surface area contributed by atoms with Gasteiger partial charge in [-0.3, -0.25) is 4.79 Å². The smallest absolute Gasteiger partial charge is 0.178 e. The Morgan fingerprint density at radius 3 is 2.86 bits per heavy atom. The van der Waals surface area contributed by atoms with E-state index < -0.39 is 0 Å². The van der Waals surface area contributed by atoms with Gasteiger partial charge in [0.05, 0.1) is 6.54 Å². The van der Waals surface area contributed by atoms with Crippen LogP contribution in [0.3, 0.4) is 0 Å². The Balaban J connectivity index is 1.54. The van der Waals surface area contributed by atoms with Crippen molar-refractivity contribution in [3.8, 4) is 0 Å². The molecule has 0 aliphatic carbocycles. The molecule has 4 heteroatoms. The quantitative estimate of drug-likeness (QED) is 0.536. The Morgan fingerprint density at radius 2 is 2.00 bits per heavy atom. The molecule has 0 saturated heterocycles. The maximum absolute atomic E-state index is 12.3. The molecule has 0 atom stereocenters. The summed E-state index contributed by atoms with van der Waals surface area (Å²) in [5.74, 6) is 0.101. The van der Waals surface area contributed by atoms with Crippen LogP contribution in [0, 0.1) is 0 Å². The van der Waals surface area contributed by atoms with Crippen LogP contribution in [0.5, 0.6) is 0 Å². The van der Waals surface area contributed by atoms with Crippen LogP contribution in [0.2, 0.25) is 5.02 Å². The lowest BCUT2D eigenvalue weighted by molar-refractivity contribution is 0.0993. The minimum Gasteiger partial charge on any atom is -0.360 e. The number of rotatable bonds is 6. The highest BCUT2D eigenvalue weighted by Gasteiger charge is 2.10. The number of benzene rings is 2. The summed E-state index contributed by atoms with van der Waals surface area (Å²) in [6.45, 7) is 1.08. The van der Waals surface area contributed by atoms with Gasteiger partial charge in [0, 0.05) is 27.7 Å². The van der Waals surface area contributed by atoms with Crippen LogP contribution in [-0.4, -0.2) is 23.9 Å². The molecule has 1 aromatic heterocycles. The number of halogens is 1. The molecule has 0 aliphatic rings. The number of aromatic nitrogens is 1. The van der Waals surface area contributed by atoms with Gasteiger partial charge in [-0.1, -0.05) is 41.9 Å². The van der Waals surface area contributed by atoms with E-state index >= 15 is 0 Å². The van der Waals surface area contributed by atoms with Crippen LogP contribution in [0.15, 0.2) is 54.7 Å². The predicted molar refractivity (Wildman–Crippen MR) is 90.7 cm³/mol. The second-order valence-electron chi connectivity index (χ2n) is 5.23. The monoisotopic (exact) mass is 312 g/mol. The Bertz CT molecular complexity index is 794. The van der Waals surface area contributed by atoms with Crippen LogP contribution < -0.4 is 5.32 Å². The molecule has 3 aromatic rings. The molecule has 0 radical (unpaired) electrons. The van der Waals surface area contributed by atoms with E-state index in [0.717, 1.165) is 34.5 Å². The molecule has 0 amide bonds. The Labute approximate surface area is 134 Å². The third-order valence-corrected chi connectivity index (χ3v) is 3.89. The number of carbonyl (C=O) groups excluding carboxylic acids is 1. The van der Waals surface area contributed by atoms with Crippen LogP contribution in [0.1, 0.15) is 15.9 Å². The van der Waals surface area contributed by atoms with Crippen LogP contribution in [0.4, 0.5) is 0 Å². The Hall–Kier alpha value is -2.10. The van der Waals surface area contributed by atoms with E-state index in [1.165, 1.54) is 5.56 Å². The van der Waals surface area contributed by atoms with Gasteiger partial charge >= 0.3 is 0 Å². The lowest BCUT2D eigenvalue weighted by Crippen LogP contribution is -2.25. The average molecular weight is 313 g/mol. The Morgan fingerprint density at radius 1 is 1.14 bits per heavy atom. The summed E-state index contributed by atoms with van der Waals surface area (Å²) in [5, 5.41) is 4.92. The summed E-state index contributed by atoms with van der Waals surface area (Å²) < 4.78 is 0. The molecule has 0 aliphatic heterocycles. The summed E-state index contributed by atoms with van der Waals surface area (Å²) >= 11 is 5.95. The molecule has 0 fully saturated rings. The van der Waals surface area contributed by atoms with Crippen molar-refractivity contribution in [2.45, 2.75) is 6.42 Å². The van der Waals surface area contributed by atoms with Gasteiger partial charge in [-0.15, -0.1) is 0 Å². The SMILES string of the molecule is O=C(CNCCc1cccc(Cl)c1)c1c[nH]c2ccccc12. The number of hydrogen-bond acceptors (Lipinski definition) is 2. The van der Waals surface area contributed by atoms with Crippen LogP contribution in [-0.2, 0) is 6.42 Å². The third kappa shape index (κ3) is 3.38. The largest absolute Gasteiger partial charge is 0.360 e. The zero-order valence-electron chi connectivity index (χ0n) is 12.1. The molecule has 1 heterocycles. The van der Waals surface area contributed by atoms with Crippen LogP contribution >= 0.6 is 11.6 Å². The minimum atomic E-state index is 0.101. The van der Waals surface area contributed by atoms with Crippen molar-refractivity contribution >= 4 is 28.3 Å². The summed E-state index contributed by atoms with van der Waals surface area (Å²) in [7, 11) is 0. The lowest BCUT2D eigenvalue weighted by Gasteiger charge is -2.04. The van der Waals surface area contributed by atoms with Crippen molar-refractivity contribution in [3.63, 3.8) is 0 Å². The van der Waals surface area contributed by atoms with Crippen molar-refractivity contribution in [1.29, 1.82) is 0 Å². The predicted octanol–water partition coefficient (Wildman–Crippen LogP) is 3.84. The molecular formula is C18H17ClN2O. The normalized spacial score (nSPS) is 11.0. The number of nitrogens with one attached hydrogen (secondary N) is 2. The van der Waals surface area contributed by atoms with Gasteiger partial charge in [-0.2, -0.15) is 0 Å². The van der Waals surface area contributed by atoms with Crippen molar-refractivity contribution in [2.75, 3.05) is 13.1 Å². The van der Waals surface area contributed by atoms with Gasteiger partial charge in [0.15, 0.2) is 5.78 Å². The fourth-order valence-electron chi connectivity index (χ4n) is 2.52. The zero-order valence-corrected chi connectivity index (χ0v) is 12.9. The number of ketones is 1.